The number of aryl methyl sites for hydroxylation is 2. The molecule has 1 unspecified atom stereocenters. The number of nitrogens with one attached hydrogen (secondary N) is 3. The van der Waals surface area contributed by atoms with Gasteiger partial charge in [-0.3, -0.25) is 34.1 Å². The van der Waals surface area contributed by atoms with E-state index in [1.165, 1.54) is 6.20 Å². The van der Waals surface area contributed by atoms with Gasteiger partial charge in [0.15, 0.2) is 5.82 Å². The molecular weight excluding hydrogens is 666 g/mol. The van der Waals surface area contributed by atoms with Crippen molar-refractivity contribution in [2.24, 2.45) is 4.99 Å². The maximum Gasteiger partial charge on any atom is 0.277 e. The second-order valence-electron chi connectivity index (χ2n) is 12.0. The van der Waals surface area contributed by atoms with Gasteiger partial charge in [0.1, 0.15) is 22.9 Å². The van der Waals surface area contributed by atoms with E-state index >= 15 is 0 Å². The summed E-state index contributed by atoms with van der Waals surface area (Å²) in [6.45, 7) is 6.63. The number of amides is 3. The van der Waals surface area contributed by atoms with Crippen LogP contribution in [0.5, 0.6) is 0 Å². The van der Waals surface area contributed by atoms with Crippen molar-refractivity contribution in [2.75, 3.05) is 18.4 Å². The van der Waals surface area contributed by atoms with Gasteiger partial charge in [-0.25, -0.2) is 4.68 Å². The maximum atomic E-state index is 13.5. The summed E-state index contributed by atoms with van der Waals surface area (Å²) < 4.78 is 3.13. The lowest BCUT2D eigenvalue weighted by Crippen LogP contribution is -2.45. The van der Waals surface area contributed by atoms with Gasteiger partial charge in [0, 0.05) is 51.6 Å². The van der Waals surface area contributed by atoms with E-state index in [1.54, 1.807) is 29.5 Å². The lowest BCUT2D eigenvalue weighted by Gasteiger charge is -2.22. The van der Waals surface area contributed by atoms with E-state index in [0.29, 0.717) is 39.7 Å². The molecule has 2 atom stereocenters. The van der Waals surface area contributed by atoms with E-state index in [2.05, 4.69) is 45.1 Å². The van der Waals surface area contributed by atoms with E-state index in [9.17, 15) is 19.2 Å². The minimum Gasteiger partial charge on any atom is -0.383 e. The van der Waals surface area contributed by atoms with Gasteiger partial charge in [0.2, 0.25) is 11.8 Å². The fourth-order valence-corrected chi connectivity index (χ4v) is 7.61. The van der Waals surface area contributed by atoms with Crippen molar-refractivity contribution >= 4 is 62.8 Å². The molecule has 5 heterocycles. The molecule has 0 bridgehead atoms. The minimum absolute atomic E-state index is 0.0405. The zero-order valence-electron chi connectivity index (χ0n) is 26.9. The topological polar surface area (TPSA) is 165 Å². The largest absolute Gasteiger partial charge is 0.383 e. The molecule has 2 aliphatic heterocycles. The van der Waals surface area contributed by atoms with Gasteiger partial charge in [-0.15, -0.1) is 21.5 Å². The van der Waals surface area contributed by atoms with Crippen molar-refractivity contribution in [2.45, 2.75) is 52.1 Å². The normalized spacial score (nSPS) is 17.2. The van der Waals surface area contributed by atoms with Crippen LogP contribution in [-0.2, 0) is 14.4 Å². The van der Waals surface area contributed by atoms with Crippen LogP contribution in [0.25, 0.3) is 15.8 Å². The molecule has 15 heteroatoms. The molecule has 7 rings (SSSR count). The molecule has 0 radical (unpaired) electrons. The van der Waals surface area contributed by atoms with Gasteiger partial charge < -0.3 is 10.6 Å². The van der Waals surface area contributed by atoms with Gasteiger partial charge in [-0.05, 0) is 51.0 Å². The standard InChI is InChI=1S/C34H32ClN9O4S/c1-17-18(2)49-34-28(17)30(20-7-9-22(35)10-8-20)39-24(31-42-41-19(3)43(31)34)15-27(46)37-14-13-36-23-6-4-5-21-16-38-44(33(48)29(21)23)25-11-12-26(45)40-32(25)47/h4-10,16,24-25,36H,11-15H2,1-3H3,(H,37,46)(H,40,45,47)/t24-,25?/m0/s1. The van der Waals surface area contributed by atoms with Crippen LogP contribution < -0.4 is 21.5 Å². The van der Waals surface area contributed by atoms with Crippen LogP contribution in [0.4, 0.5) is 5.69 Å². The van der Waals surface area contributed by atoms with E-state index < -0.39 is 23.6 Å². The van der Waals surface area contributed by atoms with Crippen LogP contribution in [0.2, 0.25) is 5.02 Å². The number of fused-ring (bicyclic) bond motifs is 4. The first kappa shape index (κ1) is 32.3. The third-order valence-electron chi connectivity index (χ3n) is 8.84. The van der Waals surface area contributed by atoms with E-state index in [4.69, 9.17) is 16.6 Å². The lowest BCUT2D eigenvalue weighted by molar-refractivity contribution is -0.136. The molecule has 0 aliphatic carbocycles. The van der Waals surface area contributed by atoms with Gasteiger partial charge in [0.25, 0.3) is 11.5 Å². The lowest BCUT2D eigenvalue weighted by atomic mass is 9.99. The number of anilines is 1. The molecule has 1 fully saturated rings. The molecule has 49 heavy (non-hydrogen) atoms. The van der Waals surface area contributed by atoms with E-state index in [0.717, 1.165) is 37.0 Å². The second-order valence-corrected chi connectivity index (χ2v) is 13.7. The molecule has 13 nitrogen and oxygen atoms in total. The number of aromatic nitrogens is 5. The first-order valence-electron chi connectivity index (χ1n) is 15.8. The quantitative estimate of drug-likeness (QED) is 0.161. The second kappa shape index (κ2) is 13.0. The van der Waals surface area contributed by atoms with Gasteiger partial charge >= 0.3 is 0 Å². The number of carbonyl (C=O) groups excluding carboxylic acids is 3. The third-order valence-corrected chi connectivity index (χ3v) is 10.3. The van der Waals surface area contributed by atoms with Crippen LogP contribution in [0.15, 0.2) is 58.4 Å². The third kappa shape index (κ3) is 6.02. The average molecular weight is 698 g/mol. The summed E-state index contributed by atoms with van der Waals surface area (Å²) in [7, 11) is 0. The van der Waals surface area contributed by atoms with Crippen molar-refractivity contribution in [1.29, 1.82) is 0 Å². The van der Waals surface area contributed by atoms with Crippen LogP contribution in [-0.4, -0.2) is 61.1 Å². The molecule has 3 aromatic heterocycles. The summed E-state index contributed by atoms with van der Waals surface area (Å²) in [4.78, 5) is 57.3. The van der Waals surface area contributed by atoms with Crippen molar-refractivity contribution < 1.29 is 14.4 Å². The number of hydrogen-bond donors (Lipinski definition) is 3. The molecule has 1 saturated heterocycles. The molecule has 2 aliphatic rings. The Balaban J connectivity index is 1.09. The van der Waals surface area contributed by atoms with E-state index in [-0.39, 0.29) is 37.6 Å². The van der Waals surface area contributed by atoms with Crippen LogP contribution in [0.3, 0.4) is 0 Å². The summed E-state index contributed by atoms with van der Waals surface area (Å²) in [6, 6.07) is 11.4. The number of halogens is 1. The number of hydrogen-bond acceptors (Lipinski definition) is 10. The number of thiophene rings is 1. The highest BCUT2D eigenvalue weighted by molar-refractivity contribution is 7.15. The fourth-order valence-electron chi connectivity index (χ4n) is 6.27. The Hall–Kier alpha value is -5.21. The monoisotopic (exact) mass is 697 g/mol. The molecule has 0 spiro atoms. The molecule has 3 N–H and O–H groups in total. The van der Waals surface area contributed by atoms with Gasteiger partial charge in [-0.1, -0.05) is 35.9 Å². The maximum absolute atomic E-state index is 13.5. The summed E-state index contributed by atoms with van der Waals surface area (Å²) in [6.07, 6.45) is 1.89. The van der Waals surface area contributed by atoms with Crippen molar-refractivity contribution in [1.82, 2.24) is 35.2 Å². The smallest absolute Gasteiger partial charge is 0.277 e. The molecule has 2 aromatic carbocycles. The van der Waals surface area contributed by atoms with Crippen molar-refractivity contribution in [3.8, 4) is 5.00 Å². The van der Waals surface area contributed by atoms with Crippen LogP contribution >= 0.6 is 22.9 Å². The average Bonchev–Trinajstić information content (AvgIpc) is 3.55. The summed E-state index contributed by atoms with van der Waals surface area (Å²) in [5.41, 5.74) is 3.85. The minimum atomic E-state index is -0.873. The Labute approximate surface area is 289 Å². The number of rotatable bonds is 8. The first-order valence-corrected chi connectivity index (χ1v) is 17.0. The zero-order valence-corrected chi connectivity index (χ0v) is 28.5. The molecule has 3 amide bonds. The fraction of sp³-hybridized carbons (Fsp3) is 0.294. The Morgan fingerprint density at radius 1 is 1.06 bits per heavy atom. The molecule has 250 valence electrons. The zero-order chi connectivity index (χ0) is 34.4. The van der Waals surface area contributed by atoms with E-state index in [1.807, 2.05) is 35.8 Å². The highest BCUT2D eigenvalue weighted by Crippen LogP contribution is 2.39. The predicted molar refractivity (Wildman–Crippen MR) is 187 cm³/mol. The SMILES string of the molecule is Cc1sc2c(c1C)C(c1ccc(Cl)cc1)=N[C@@H](CC(=O)NCCNc1cccc3cnn(C4CCC(=O)NC4=O)c(=O)c13)c1nnc(C)n1-2. The van der Waals surface area contributed by atoms with Gasteiger partial charge in [0.05, 0.1) is 23.7 Å². The first-order chi connectivity index (χ1) is 23.6. The highest BCUT2D eigenvalue weighted by atomic mass is 35.5. The predicted octanol–water partition coefficient (Wildman–Crippen LogP) is 4.11. The number of benzene rings is 2. The molecule has 0 saturated carbocycles. The van der Waals surface area contributed by atoms with Crippen molar-refractivity contribution in [3.63, 3.8) is 0 Å². The number of carbonyl (C=O) groups is 3. The summed E-state index contributed by atoms with van der Waals surface area (Å²) >= 11 is 7.86. The molecular formula is C34H32ClN9O4S. The Morgan fingerprint density at radius 3 is 2.63 bits per heavy atom. The highest BCUT2D eigenvalue weighted by Gasteiger charge is 2.33. The Kier molecular flexibility index (Phi) is 8.59. The Bertz CT molecular complexity index is 2240. The summed E-state index contributed by atoms with van der Waals surface area (Å²) in [5.74, 6) is 0.158. The number of piperidine rings is 1. The number of nitrogens with zero attached hydrogens (tertiary/aromatic N) is 6. The Morgan fingerprint density at radius 2 is 1.86 bits per heavy atom. The molecule has 5 aromatic rings. The van der Waals surface area contributed by atoms with Crippen molar-refractivity contribution in [3.05, 3.63) is 97.3 Å². The van der Waals surface area contributed by atoms with Gasteiger partial charge in [-0.2, -0.15) is 5.10 Å². The summed E-state index contributed by atoms with van der Waals surface area (Å²) in [5, 5.41) is 24.1. The van der Waals surface area contributed by atoms with Crippen LogP contribution in [0, 0.1) is 20.8 Å². The number of aliphatic imine (C=N–C) groups is 1. The number of imide groups is 1. The van der Waals surface area contributed by atoms with Crippen LogP contribution in [0.1, 0.15) is 64.6 Å².